The van der Waals surface area contributed by atoms with Crippen LogP contribution < -0.4 is 0 Å². The number of ether oxygens (including phenoxy) is 1. The van der Waals surface area contributed by atoms with Crippen molar-refractivity contribution in [1.29, 1.82) is 0 Å². The van der Waals surface area contributed by atoms with E-state index in [-0.39, 0.29) is 12.0 Å². The Bertz CT molecular complexity index is 260. The molecule has 0 bridgehead atoms. The van der Waals surface area contributed by atoms with Crippen molar-refractivity contribution in [1.82, 2.24) is 0 Å². The Kier molecular flexibility index (Phi) is 2.89. The number of aliphatic hydroxyl groups is 1. The van der Waals surface area contributed by atoms with Crippen LogP contribution in [-0.4, -0.2) is 24.9 Å². The largest absolute Gasteiger partial charge is 0.469 e. The van der Waals surface area contributed by atoms with Gasteiger partial charge in [0, 0.05) is 18.4 Å². The molecule has 3 nitrogen and oxygen atoms in total. The summed E-state index contributed by atoms with van der Waals surface area (Å²) >= 11 is 0. The highest BCUT2D eigenvalue weighted by Gasteiger charge is 2.33. The van der Waals surface area contributed by atoms with Gasteiger partial charge in [0.05, 0.1) is 19.5 Å². The predicted molar refractivity (Wildman–Crippen MR) is 52.0 cm³/mol. The van der Waals surface area contributed by atoms with Gasteiger partial charge in [-0.05, 0) is 25.0 Å². The number of aliphatic hydroxyl groups excluding tert-OH is 1. The van der Waals surface area contributed by atoms with Gasteiger partial charge in [0.2, 0.25) is 0 Å². The van der Waals surface area contributed by atoms with Gasteiger partial charge in [0.25, 0.3) is 0 Å². The zero-order chi connectivity index (χ0) is 9.86. The molecule has 0 spiro atoms. The van der Waals surface area contributed by atoms with Gasteiger partial charge < -0.3 is 14.3 Å². The number of rotatable bonds is 3. The fraction of sp³-hybridized carbons (Fsp3) is 0.636. The highest BCUT2D eigenvalue weighted by atomic mass is 16.5. The van der Waals surface area contributed by atoms with Crippen molar-refractivity contribution in [2.24, 2.45) is 5.41 Å². The minimum absolute atomic E-state index is 0.115. The fourth-order valence-electron chi connectivity index (χ4n) is 2.01. The summed E-state index contributed by atoms with van der Waals surface area (Å²) in [5.74, 6) is 0.935. The second-order valence-electron chi connectivity index (χ2n) is 4.07. The lowest BCUT2D eigenvalue weighted by molar-refractivity contribution is -0.0402. The molecule has 1 saturated heterocycles. The van der Waals surface area contributed by atoms with Gasteiger partial charge in [-0.2, -0.15) is 0 Å². The molecular formula is C11H16O3. The zero-order valence-electron chi connectivity index (χ0n) is 8.24. The summed E-state index contributed by atoms with van der Waals surface area (Å²) in [5.41, 5.74) is -0.115. The summed E-state index contributed by atoms with van der Waals surface area (Å²) in [6.07, 6.45) is 4.49. The third-order valence-corrected chi connectivity index (χ3v) is 2.87. The Morgan fingerprint density at radius 2 is 2.43 bits per heavy atom. The molecule has 1 aliphatic heterocycles. The van der Waals surface area contributed by atoms with Crippen molar-refractivity contribution in [2.45, 2.75) is 19.3 Å². The van der Waals surface area contributed by atoms with Crippen molar-refractivity contribution >= 4 is 0 Å². The van der Waals surface area contributed by atoms with Gasteiger partial charge >= 0.3 is 0 Å². The van der Waals surface area contributed by atoms with Crippen LogP contribution in [0.25, 0.3) is 0 Å². The third-order valence-electron chi connectivity index (χ3n) is 2.87. The maximum atomic E-state index is 9.42. The summed E-state index contributed by atoms with van der Waals surface area (Å²) < 4.78 is 10.7. The summed E-state index contributed by atoms with van der Waals surface area (Å²) in [4.78, 5) is 0. The molecular weight excluding hydrogens is 180 g/mol. The number of furan rings is 1. The lowest BCUT2D eigenvalue weighted by atomic mass is 9.79. The summed E-state index contributed by atoms with van der Waals surface area (Å²) in [6, 6.07) is 3.83. The standard InChI is InChI=1S/C11H16O3/c12-8-11(4-2-5-13-9-11)7-10-3-1-6-14-10/h1,3,6,12H,2,4-5,7-9H2. The molecule has 2 heterocycles. The molecule has 14 heavy (non-hydrogen) atoms. The summed E-state index contributed by atoms with van der Waals surface area (Å²) in [7, 11) is 0. The molecule has 1 unspecified atom stereocenters. The van der Waals surface area contributed by atoms with E-state index < -0.39 is 0 Å². The molecule has 3 heteroatoms. The molecule has 1 aromatic heterocycles. The van der Waals surface area contributed by atoms with Crippen LogP contribution in [-0.2, 0) is 11.2 Å². The van der Waals surface area contributed by atoms with Crippen LogP contribution in [0.5, 0.6) is 0 Å². The van der Waals surface area contributed by atoms with Crippen LogP contribution in [0.3, 0.4) is 0 Å². The van der Waals surface area contributed by atoms with Gasteiger partial charge in [0.1, 0.15) is 5.76 Å². The summed E-state index contributed by atoms with van der Waals surface area (Å²) in [5, 5.41) is 9.42. The average Bonchev–Trinajstić information content (AvgIpc) is 2.72. The molecule has 2 rings (SSSR count). The van der Waals surface area contributed by atoms with E-state index in [2.05, 4.69) is 0 Å². The highest BCUT2D eigenvalue weighted by Crippen LogP contribution is 2.32. The lowest BCUT2D eigenvalue weighted by Gasteiger charge is -2.34. The van der Waals surface area contributed by atoms with E-state index in [1.807, 2.05) is 12.1 Å². The smallest absolute Gasteiger partial charge is 0.104 e. The van der Waals surface area contributed by atoms with Gasteiger partial charge in [-0.25, -0.2) is 0 Å². The first kappa shape index (κ1) is 9.74. The average molecular weight is 196 g/mol. The predicted octanol–water partition coefficient (Wildman–Crippen LogP) is 1.61. The van der Waals surface area contributed by atoms with Crippen LogP contribution in [0, 0.1) is 5.41 Å². The van der Waals surface area contributed by atoms with Crippen LogP contribution >= 0.6 is 0 Å². The monoisotopic (exact) mass is 196 g/mol. The van der Waals surface area contributed by atoms with Crippen LogP contribution in [0.2, 0.25) is 0 Å². The van der Waals surface area contributed by atoms with E-state index in [1.54, 1.807) is 6.26 Å². The van der Waals surface area contributed by atoms with Crippen LogP contribution in [0.15, 0.2) is 22.8 Å². The molecule has 0 amide bonds. The van der Waals surface area contributed by atoms with Crippen LogP contribution in [0.1, 0.15) is 18.6 Å². The first-order valence-electron chi connectivity index (χ1n) is 5.06. The normalized spacial score (nSPS) is 27.8. The van der Waals surface area contributed by atoms with Gasteiger partial charge in [-0.15, -0.1) is 0 Å². The SMILES string of the molecule is OCC1(Cc2ccco2)CCCOC1. The maximum Gasteiger partial charge on any atom is 0.104 e. The van der Waals surface area contributed by atoms with Crippen LogP contribution in [0.4, 0.5) is 0 Å². The topological polar surface area (TPSA) is 42.6 Å². The number of hydrogen-bond acceptors (Lipinski definition) is 3. The fourth-order valence-corrected chi connectivity index (χ4v) is 2.01. The Labute approximate surface area is 83.7 Å². The first-order chi connectivity index (χ1) is 6.85. The molecule has 1 fully saturated rings. The van der Waals surface area contributed by atoms with E-state index in [4.69, 9.17) is 9.15 Å². The maximum absolute atomic E-state index is 9.42. The zero-order valence-corrected chi connectivity index (χ0v) is 8.24. The Morgan fingerprint density at radius 1 is 1.50 bits per heavy atom. The van der Waals surface area contributed by atoms with E-state index in [0.717, 1.165) is 31.6 Å². The lowest BCUT2D eigenvalue weighted by Crippen LogP contribution is -2.37. The molecule has 1 aromatic rings. The molecule has 78 valence electrons. The van der Waals surface area contributed by atoms with Gasteiger partial charge in [0.15, 0.2) is 0 Å². The molecule has 1 N–H and O–H groups in total. The molecule has 0 radical (unpaired) electrons. The van der Waals surface area contributed by atoms with Crippen molar-refractivity contribution in [3.8, 4) is 0 Å². The highest BCUT2D eigenvalue weighted by molar-refractivity contribution is 5.03. The quantitative estimate of drug-likeness (QED) is 0.798. The van der Waals surface area contributed by atoms with Crippen molar-refractivity contribution in [2.75, 3.05) is 19.8 Å². The van der Waals surface area contributed by atoms with Crippen molar-refractivity contribution in [3.63, 3.8) is 0 Å². The molecule has 0 aliphatic carbocycles. The van der Waals surface area contributed by atoms with E-state index in [9.17, 15) is 5.11 Å². The van der Waals surface area contributed by atoms with E-state index in [0.29, 0.717) is 6.61 Å². The molecule has 0 saturated carbocycles. The molecule has 0 aromatic carbocycles. The Morgan fingerprint density at radius 3 is 3.00 bits per heavy atom. The van der Waals surface area contributed by atoms with Crippen molar-refractivity contribution in [3.05, 3.63) is 24.2 Å². The van der Waals surface area contributed by atoms with Crippen molar-refractivity contribution < 1.29 is 14.3 Å². The Balaban J connectivity index is 2.04. The second-order valence-corrected chi connectivity index (χ2v) is 4.07. The first-order valence-corrected chi connectivity index (χ1v) is 5.06. The molecule has 1 aliphatic rings. The second kappa shape index (κ2) is 4.15. The van der Waals surface area contributed by atoms with E-state index in [1.165, 1.54) is 0 Å². The summed E-state index contributed by atoms with van der Waals surface area (Å²) in [6.45, 7) is 1.64. The van der Waals surface area contributed by atoms with E-state index >= 15 is 0 Å². The molecule has 1 atom stereocenters. The number of hydrogen-bond donors (Lipinski definition) is 1. The minimum Gasteiger partial charge on any atom is -0.469 e. The van der Waals surface area contributed by atoms with Gasteiger partial charge in [-0.3, -0.25) is 0 Å². The third kappa shape index (κ3) is 1.99. The minimum atomic E-state index is -0.115. The van der Waals surface area contributed by atoms with Gasteiger partial charge in [-0.1, -0.05) is 0 Å². The Hall–Kier alpha value is -0.800.